The number of aliphatic hydroxyl groups is 1. The van der Waals surface area contributed by atoms with Crippen LogP contribution in [0.3, 0.4) is 0 Å². The Morgan fingerprint density at radius 3 is 0.908 bits per heavy atom. The summed E-state index contributed by atoms with van der Waals surface area (Å²) < 4.78 is 10.7. The lowest BCUT2D eigenvalue weighted by Gasteiger charge is -2.15. The number of hydrogen-bond donors (Lipinski definition) is 1. The van der Waals surface area contributed by atoms with E-state index in [-0.39, 0.29) is 25.2 Å². The number of rotatable bonds is 55. The Hall–Kier alpha value is -1.62. The average Bonchev–Trinajstić information content (AvgIpc) is 3.31. The van der Waals surface area contributed by atoms with Gasteiger partial charge in [0.05, 0.1) is 6.61 Å². The fourth-order valence-electron chi connectivity index (χ4n) is 9.06. The minimum atomic E-state index is -0.768. The van der Waals surface area contributed by atoms with Crippen LogP contribution >= 0.6 is 0 Å². The van der Waals surface area contributed by atoms with Crippen molar-refractivity contribution >= 4 is 11.9 Å². The Morgan fingerprint density at radius 2 is 0.615 bits per heavy atom. The van der Waals surface area contributed by atoms with Crippen molar-refractivity contribution in [3.8, 4) is 0 Å². The molecule has 0 spiro atoms. The fraction of sp³-hybridized carbons (Fsp3) is 0.900. The number of carbonyl (C=O) groups excluding carboxylic acids is 2. The molecule has 0 saturated carbocycles. The molecule has 0 aromatic heterocycles. The van der Waals surface area contributed by atoms with E-state index in [1.807, 2.05) is 0 Å². The number of ether oxygens (including phenoxy) is 2. The average molecular weight is 916 g/mol. The van der Waals surface area contributed by atoms with Crippen molar-refractivity contribution in [3.63, 3.8) is 0 Å². The summed E-state index contributed by atoms with van der Waals surface area (Å²) in [5.74, 6) is -0.569. The minimum absolute atomic E-state index is 0.0591. The number of hydrogen-bond acceptors (Lipinski definition) is 5. The van der Waals surface area contributed by atoms with Crippen molar-refractivity contribution in [1.82, 2.24) is 0 Å². The van der Waals surface area contributed by atoms with Gasteiger partial charge in [0.2, 0.25) is 0 Å². The molecule has 1 unspecified atom stereocenters. The molecule has 1 N–H and O–H groups in total. The summed E-state index contributed by atoms with van der Waals surface area (Å²) in [4.78, 5) is 24.5. The quantitative estimate of drug-likeness (QED) is 0.0374. The summed E-state index contributed by atoms with van der Waals surface area (Å²) in [6, 6.07) is 0. The van der Waals surface area contributed by atoms with Crippen LogP contribution in [0.1, 0.15) is 328 Å². The number of carbonyl (C=O) groups is 2. The van der Waals surface area contributed by atoms with E-state index >= 15 is 0 Å². The van der Waals surface area contributed by atoms with E-state index in [9.17, 15) is 14.7 Å². The van der Waals surface area contributed by atoms with Crippen LogP contribution in [-0.4, -0.2) is 36.4 Å². The number of unbranched alkanes of at least 4 members (excludes halogenated alkanes) is 43. The summed E-state index contributed by atoms with van der Waals surface area (Å²) in [7, 11) is 0. The van der Waals surface area contributed by atoms with E-state index in [0.29, 0.717) is 12.8 Å². The van der Waals surface area contributed by atoms with Crippen molar-refractivity contribution in [1.29, 1.82) is 0 Å². The van der Waals surface area contributed by atoms with Gasteiger partial charge >= 0.3 is 11.9 Å². The molecule has 0 saturated heterocycles. The van der Waals surface area contributed by atoms with Gasteiger partial charge in [-0.2, -0.15) is 0 Å². The molecule has 0 aromatic carbocycles. The van der Waals surface area contributed by atoms with Crippen LogP contribution in [0.15, 0.2) is 24.3 Å². The van der Waals surface area contributed by atoms with Gasteiger partial charge in [0.25, 0.3) is 0 Å². The molecule has 0 heterocycles. The van der Waals surface area contributed by atoms with Crippen molar-refractivity contribution in [2.24, 2.45) is 0 Å². The van der Waals surface area contributed by atoms with E-state index in [2.05, 4.69) is 38.2 Å². The lowest BCUT2D eigenvalue weighted by molar-refractivity contribution is -0.161. The van der Waals surface area contributed by atoms with Gasteiger partial charge in [0.1, 0.15) is 6.61 Å². The third-order valence-corrected chi connectivity index (χ3v) is 13.5. The standard InChI is InChI=1S/C60H114O5/c1-3-5-7-9-11-13-15-17-19-21-23-25-27-29-30-31-33-35-37-39-41-43-45-47-49-51-53-55-60(63)65-58(56-61)57-64-59(62)54-52-50-48-46-44-42-40-38-36-34-32-28-26-24-22-20-18-16-14-12-10-8-6-4-2/h15,17,21,23,58,61H,3-14,16,18-20,22,24-57H2,1-2H3/b17-15-,23-21-. The molecule has 1 atom stereocenters. The second-order valence-corrected chi connectivity index (χ2v) is 20.1. The van der Waals surface area contributed by atoms with Crippen LogP contribution in [-0.2, 0) is 19.1 Å². The molecule has 0 bridgehead atoms. The minimum Gasteiger partial charge on any atom is -0.462 e. The van der Waals surface area contributed by atoms with Gasteiger partial charge in [-0.05, 0) is 44.9 Å². The maximum absolute atomic E-state index is 12.3. The molecule has 0 aliphatic rings. The number of esters is 2. The predicted octanol–water partition coefficient (Wildman–Crippen LogP) is 19.7. The van der Waals surface area contributed by atoms with Gasteiger partial charge in [-0.15, -0.1) is 0 Å². The van der Waals surface area contributed by atoms with Gasteiger partial charge in [0, 0.05) is 12.8 Å². The molecule has 5 heteroatoms. The van der Waals surface area contributed by atoms with Crippen molar-refractivity contribution in [3.05, 3.63) is 24.3 Å². The largest absolute Gasteiger partial charge is 0.462 e. The highest BCUT2D eigenvalue weighted by molar-refractivity contribution is 5.70. The van der Waals surface area contributed by atoms with Crippen LogP contribution < -0.4 is 0 Å². The zero-order chi connectivity index (χ0) is 47.0. The maximum atomic E-state index is 12.3. The van der Waals surface area contributed by atoms with Gasteiger partial charge in [-0.25, -0.2) is 0 Å². The molecular formula is C60H114O5. The maximum Gasteiger partial charge on any atom is 0.306 e. The third kappa shape index (κ3) is 54.9. The molecule has 0 radical (unpaired) electrons. The Labute approximate surface area is 406 Å². The van der Waals surface area contributed by atoms with E-state index in [0.717, 1.165) is 38.5 Å². The van der Waals surface area contributed by atoms with Crippen molar-refractivity contribution in [2.75, 3.05) is 13.2 Å². The SMILES string of the molecule is CCCCCCC/C=C\C/C=C\CCCCCCCCCCCCCCCCCC(=O)OC(CO)COC(=O)CCCCCCCCCCCCCCCCCCCCCCCCCC. The van der Waals surface area contributed by atoms with Crippen LogP contribution in [0.4, 0.5) is 0 Å². The predicted molar refractivity (Wildman–Crippen MR) is 284 cm³/mol. The first kappa shape index (κ1) is 63.4. The normalized spacial score (nSPS) is 12.2. The lowest BCUT2D eigenvalue weighted by Crippen LogP contribution is -2.28. The molecule has 5 nitrogen and oxygen atoms in total. The highest BCUT2D eigenvalue weighted by atomic mass is 16.6. The zero-order valence-electron chi connectivity index (χ0n) is 44.0. The molecule has 0 rings (SSSR count). The van der Waals surface area contributed by atoms with Gasteiger partial charge in [-0.1, -0.05) is 295 Å². The Balaban J connectivity index is 3.42. The van der Waals surface area contributed by atoms with Crippen LogP contribution in [0.25, 0.3) is 0 Å². The van der Waals surface area contributed by atoms with Gasteiger partial charge < -0.3 is 14.6 Å². The van der Waals surface area contributed by atoms with E-state index < -0.39 is 6.10 Å². The first-order chi connectivity index (χ1) is 32.1. The summed E-state index contributed by atoms with van der Waals surface area (Å²) >= 11 is 0. The summed E-state index contributed by atoms with van der Waals surface area (Å²) in [5.41, 5.74) is 0. The Morgan fingerprint density at radius 1 is 0.354 bits per heavy atom. The molecular weight excluding hydrogens is 801 g/mol. The summed E-state index contributed by atoms with van der Waals surface area (Å²) in [5, 5.41) is 9.66. The summed E-state index contributed by atoms with van der Waals surface area (Å²) in [6.07, 6.45) is 71.6. The third-order valence-electron chi connectivity index (χ3n) is 13.5. The second kappa shape index (κ2) is 56.7. The fourth-order valence-corrected chi connectivity index (χ4v) is 9.06. The molecule has 0 fully saturated rings. The molecule has 0 aliphatic carbocycles. The van der Waals surface area contributed by atoms with Crippen molar-refractivity contribution in [2.45, 2.75) is 335 Å². The molecule has 384 valence electrons. The van der Waals surface area contributed by atoms with E-state index in [1.54, 1.807) is 0 Å². The van der Waals surface area contributed by atoms with E-state index in [1.165, 1.54) is 263 Å². The molecule has 65 heavy (non-hydrogen) atoms. The van der Waals surface area contributed by atoms with Crippen LogP contribution in [0.5, 0.6) is 0 Å². The van der Waals surface area contributed by atoms with Crippen LogP contribution in [0, 0.1) is 0 Å². The monoisotopic (exact) mass is 915 g/mol. The number of allylic oxidation sites excluding steroid dienone is 4. The summed E-state index contributed by atoms with van der Waals surface area (Å²) in [6.45, 7) is 4.19. The van der Waals surface area contributed by atoms with Crippen molar-refractivity contribution < 1.29 is 24.2 Å². The van der Waals surface area contributed by atoms with Gasteiger partial charge in [0.15, 0.2) is 6.10 Å². The molecule has 0 aliphatic heterocycles. The Kier molecular flexibility index (Phi) is 55.3. The first-order valence-corrected chi connectivity index (χ1v) is 29.4. The van der Waals surface area contributed by atoms with Crippen LogP contribution in [0.2, 0.25) is 0 Å². The first-order valence-electron chi connectivity index (χ1n) is 29.4. The van der Waals surface area contributed by atoms with E-state index in [4.69, 9.17) is 9.47 Å². The highest BCUT2D eigenvalue weighted by Gasteiger charge is 2.16. The van der Waals surface area contributed by atoms with Gasteiger partial charge in [-0.3, -0.25) is 9.59 Å². The topological polar surface area (TPSA) is 72.8 Å². The Bertz CT molecular complexity index is 990. The lowest BCUT2D eigenvalue weighted by atomic mass is 10.0. The zero-order valence-corrected chi connectivity index (χ0v) is 44.0. The highest BCUT2D eigenvalue weighted by Crippen LogP contribution is 2.18. The molecule has 0 amide bonds. The number of aliphatic hydroxyl groups excluding tert-OH is 1. The molecule has 0 aromatic rings. The second-order valence-electron chi connectivity index (χ2n) is 20.1. The smallest absolute Gasteiger partial charge is 0.306 e.